The van der Waals surface area contributed by atoms with Gasteiger partial charge in [-0.1, -0.05) is 86.1 Å². The molecule has 402 valence electrons. The first-order valence-electron chi connectivity index (χ1n) is 25.2. The third-order valence-electron chi connectivity index (χ3n) is 13.7. The number of amides is 4. The quantitative estimate of drug-likeness (QED) is 0.0614. The van der Waals surface area contributed by atoms with Crippen molar-refractivity contribution in [1.29, 1.82) is 0 Å². The van der Waals surface area contributed by atoms with Gasteiger partial charge in [0.25, 0.3) is 0 Å². The van der Waals surface area contributed by atoms with Gasteiger partial charge in [-0.3, -0.25) is 19.1 Å². The Balaban J connectivity index is 0.856. The van der Waals surface area contributed by atoms with Crippen molar-refractivity contribution in [3.05, 3.63) is 83.7 Å². The van der Waals surface area contributed by atoms with E-state index in [-0.39, 0.29) is 50.0 Å². The minimum Gasteiger partial charge on any atom is -0.450 e. The van der Waals surface area contributed by atoms with Crippen molar-refractivity contribution in [2.24, 2.45) is 5.92 Å². The fraction of sp³-hybridized carbons (Fsp3) is 0.640. The highest BCUT2D eigenvalue weighted by molar-refractivity contribution is 5.93. The molecule has 4 fully saturated rings. The van der Waals surface area contributed by atoms with Gasteiger partial charge in [0, 0.05) is 25.6 Å². The summed E-state index contributed by atoms with van der Waals surface area (Å²) < 4.78 is 29.4. The van der Waals surface area contributed by atoms with E-state index in [1.54, 1.807) is 20.7 Å². The number of unbranched alkanes of at least 4 members (excludes halogenated alkanes) is 3. The van der Waals surface area contributed by atoms with Crippen molar-refractivity contribution in [1.82, 2.24) is 35.4 Å². The summed E-state index contributed by atoms with van der Waals surface area (Å²) in [5, 5.41) is 85.9. The Morgan fingerprint density at radius 1 is 0.795 bits per heavy atom. The van der Waals surface area contributed by atoms with Gasteiger partial charge < -0.3 is 79.9 Å². The third-order valence-corrected chi connectivity index (χ3v) is 13.7. The molecule has 23 heteroatoms. The maximum Gasteiger partial charge on any atom is 0.407 e. The van der Waals surface area contributed by atoms with E-state index in [2.05, 4.69) is 20.9 Å². The van der Waals surface area contributed by atoms with Crippen LogP contribution in [0.4, 0.5) is 4.79 Å². The number of ether oxygens (including phenoxy) is 5. The highest BCUT2D eigenvalue weighted by atomic mass is 16.7. The minimum atomic E-state index is -1.79. The fourth-order valence-electron chi connectivity index (χ4n) is 9.79. The lowest BCUT2D eigenvalue weighted by Gasteiger charge is -2.45. The molecule has 9 N–H and O–H groups in total. The molecule has 3 aromatic rings. The van der Waals surface area contributed by atoms with Crippen LogP contribution in [0.15, 0.2) is 66.9 Å². The van der Waals surface area contributed by atoms with E-state index < -0.39 is 105 Å². The molecule has 0 bridgehead atoms. The summed E-state index contributed by atoms with van der Waals surface area (Å²) >= 11 is 0. The van der Waals surface area contributed by atoms with Crippen LogP contribution in [-0.2, 0) is 51.2 Å². The van der Waals surface area contributed by atoms with Gasteiger partial charge in [-0.2, -0.15) is 0 Å². The molecule has 2 aromatic carbocycles. The Labute approximate surface area is 423 Å². The Kier molecular flexibility index (Phi) is 20.1. The number of carbonyl (C=O) groups is 4. The van der Waals surface area contributed by atoms with Gasteiger partial charge in [0.2, 0.25) is 17.7 Å². The first-order valence-corrected chi connectivity index (χ1v) is 25.2. The Hall–Kier alpha value is -5.18. The summed E-state index contributed by atoms with van der Waals surface area (Å²) in [6.07, 6.45) is -10.5. The molecule has 4 aliphatic rings. The summed E-state index contributed by atoms with van der Waals surface area (Å²) in [5.74, 6) is -0.757. The van der Waals surface area contributed by atoms with Crippen LogP contribution in [0.5, 0.6) is 0 Å². The number of aryl methyl sites for hydroxylation is 1. The lowest BCUT2D eigenvalue weighted by molar-refractivity contribution is -0.360. The fourth-order valence-corrected chi connectivity index (χ4v) is 9.79. The van der Waals surface area contributed by atoms with Crippen LogP contribution in [0.1, 0.15) is 88.1 Å². The first kappa shape index (κ1) is 55.6. The molecule has 0 radical (unpaired) electrons. The SMILES string of the molecule is CC(C)CC(=O)N1CC[C@H]2CC[C@@H](C(=O)NC(c3ccccc3)c3ccccc3)N2C(=O)[C@@H](NC(=O)OCCCCCCn2cc(CO[C@@H]3OC(CO)[C@@H](O[C@@H]4OC(CO)[C@H](O)[C@H](O)C4O)[C@H](O)C3O)nn2)C1. The van der Waals surface area contributed by atoms with Crippen molar-refractivity contribution in [3.63, 3.8) is 0 Å². The second-order valence-electron chi connectivity index (χ2n) is 19.5. The van der Waals surface area contributed by atoms with Crippen LogP contribution in [0.2, 0.25) is 0 Å². The number of nitrogens with one attached hydrogen (secondary N) is 2. The zero-order valence-electron chi connectivity index (χ0n) is 41.2. The summed E-state index contributed by atoms with van der Waals surface area (Å²) in [7, 11) is 0. The monoisotopic (exact) mass is 1030 g/mol. The maximum atomic E-state index is 14.5. The number of carbonyl (C=O) groups excluding carboxylic acids is 4. The molecular formula is C50H71N7O16. The molecule has 0 saturated carbocycles. The van der Waals surface area contributed by atoms with Crippen LogP contribution in [0.25, 0.3) is 0 Å². The molecule has 4 aliphatic heterocycles. The van der Waals surface area contributed by atoms with E-state index in [1.807, 2.05) is 74.5 Å². The summed E-state index contributed by atoms with van der Waals surface area (Å²) in [6.45, 7) is 3.16. The number of aliphatic hydroxyl groups is 7. The van der Waals surface area contributed by atoms with Crippen molar-refractivity contribution >= 4 is 23.8 Å². The third kappa shape index (κ3) is 14.2. The molecule has 7 rings (SSSR count). The number of benzene rings is 2. The molecule has 4 unspecified atom stereocenters. The van der Waals surface area contributed by atoms with Crippen molar-refractivity contribution in [2.45, 2.75) is 164 Å². The average Bonchev–Trinajstić information content (AvgIpc) is 4.04. The van der Waals surface area contributed by atoms with Crippen molar-refractivity contribution in [3.8, 4) is 0 Å². The second-order valence-corrected chi connectivity index (χ2v) is 19.5. The largest absolute Gasteiger partial charge is 0.450 e. The molecule has 4 saturated heterocycles. The highest BCUT2D eigenvalue weighted by Crippen LogP contribution is 2.33. The molecule has 0 aliphatic carbocycles. The topological polar surface area (TPSA) is 317 Å². The molecule has 4 amide bonds. The molecule has 23 nitrogen and oxygen atoms in total. The van der Waals surface area contributed by atoms with E-state index in [0.29, 0.717) is 57.3 Å². The van der Waals surface area contributed by atoms with Crippen LogP contribution in [0.3, 0.4) is 0 Å². The van der Waals surface area contributed by atoms with Crippen LogP contribution >= 0.6 is 0 Å². The predicted molar refractivity (Wildman–Crippen MR) is 255 cm³/mol. The van der Waals surface area contributed by atoms with Gasteiger partial charge in [0.15, 0.2) is 12.6 Å². The molecule has 0 spiro atoms. The number of alkyl carbamates (subject to hydrolysis) is 1. The zero-order valence-corrected chi connectivity index (χ0v) is 41.2. The van der Waals surface area contributed by atoms with Crippen LogP contribution in [0, 0.1) is 5.92 Å². The number of nitrogens with zero attached hydrogens (tertiary/aromatic N) is 5. The van der Waals surface area contributed by atoms with Gasteiger partial charge in [0.1, 0.15) is 66.6 Å². The number of aromatic nitrogens is 3. The van der Waals surface area contributed by atoms with E-state index in [9.17, 15) is 54.9 Å². The Morgan fingerprint density at radius 2 is 1.45 bits per heavy atom. The van der Waals surface area contributed by atoms with E-state index in [4.69, 9.17) is 23.7 Å². The average molecular weight is 1030 g/mol. The van der Waals surface area contributed by atoms with Gasteiger partial charge in [-0.05, 0) is 55.6 Å². The second kappa shape index (κ2) is 26.3. The van der Waals surface area contributed by atoms with Crippen molar-refractivity contribution < 1.29 is 78.6 Å². The normalized spacial score (nSPS) is 29.7. The van der Waals surface area contributed by atoms with Gasteiger partial charge in [-0.25, -0.2) is 4.79 Å². The first-order chi connectivity index (χ1) is 35.2. The van der Waals surface area contributed by atoms with E-state index in [1.165, 1.54) is 0 Å². The van der Waals surface area contributed by atoms with Gasteiger partial charge in [-0.15, -0.1) is 5.10 Å². The number of aliphatic hydroxyl groups excluding tert-OH is 7. The highest BCUT2D eigenvalue weighted by Gasteiger charge is 2.51. The van der Waals surface area contributed by atoms with E-state index in [0.717, 1.165) is 17.5 Å². The summed E-state index contributed by atoms with van der Waals surface area (Å²) in [6, 6.07) is 16.6. The molecule has 5 heterocycles. The number of hydrogen-bond acceptors (Lipinski definition) is 18. The van der Waals surface area contributed by atoms with Crippen LogP contribution < -0.4 is 10.6 Å². The number of fused-ring (bicyclic) bond motifs is 1. The van der Waals surface area contributed by atoms with Gasteiger partial charge in [0.05, 0.1) is 45.2 Å². The van der Waals surface area contributed by atoms with Crippen LogP contribution in [-0.4, -0.2) is 197 Å². The molecule has 1 aromatic heterocycles. The summed E-state index contributed by atoms with van der Waals surface area (Å²) in [4.78, 5) is 58.7. The zero-order chi connectivity index (χ0) is 52.2. The van der Waals surface area contributed by atoms with Gasteiger partial charge >= 0.3 is 6.09 Å². The lowest BCUT2D eigenvalue weighted by Crippen LogP contribution is -2.64. The lowest BCUT2D eigenvalue weighted by atomic mass is 9.97. The number of hydrogen-bond donors (Lipinski definition) is 9. The standard InChI is InChI=1S/C50H71N7O16/c1-29(2)23-38(60)55-21-19-33-17-18-35(46(66)52-39(30-13-7-5-8-14-30)31-15-9-6-10-16-31)57(33)47(67)34(25-55)51-50(68)69-22-12-4-3-11-20-56-24-32(53-54-56)28-70-48-44(65)42(63)45(37(27-59)72-48)73-49-43(64)41(62)40(61)36(26-58)71-49/h5-10,13-16,24,29,33-37,39-45,48-49,58-59,61-65H,3-4,11-12,17-23,25-28H2,1-2H3,(H,51,68)(H,52,66)/t33-,34+,35+,36?,37?,40+,41+,42-,43?,44?,45-,48-,49+/m1/s1. The molecule has 73 heavy (non-hydrogen) atoms. The number of rotatable bonds is 21. The molecule has 13 atom stereocenters. The maximum absolute atomic E-state index is 14.5. The summed E-state index contributed by atoms with van der Waals surface area (Å²) in [5.41, 5.74) is 2.16. The Bertz CT molecular complexity index is 2180. The minimum absolute atomic E-state index is 0.0551. The predicted octanol–water partition coefficient (Wildman–Crippen LogP) is -0.382. The smallest absolute Gasteiger partial charge is 0.407 e. The molecular weight excluding hydrogens is 955 g/mol. The Morgan fingerprint density at radius 3 is 2.12 bits per heavy atom. The van der Waals surface area contributed by atoms with E-state index >= 15 is 0 Å². The van der Waals surface area contributed by atoms with Crippen molar-refractivity contribution in [2.75, 3.05) is 32.9 Å².